The molecule has 2 aromatic carbocycles. The smallest absolute Gasteiger partial charge is 0.254 e. The summed E-state index contributed by atoms with van der Waals surface area (Å²) in [4.78, 5) is 43.1. The molecule has 0 bridgehead atoms. The molecule has 2 amide bonds. The normalized spacial score (nSPS) is 19.6. The van der Waals surface area contributed by atoms with Gasteiger partial charge in [0, 0.05) is 43.8 Å². The fraction of sp³-hybridized carbons (Fsp3) is 0.423. The highest BCUT2D eigenvalue weighted by Crippen LogP contribution is 2.30. The summed E-state index contributed by atoms with van der Waals surface area (Å²) in [5.74, 6) is -0.358. The van der Waals surface area contributed by atoms with Crippen molar-refractivity contribution < 1.29 is 19.1 Å². The van der Waals surface area contributed by atoms with Crippen LogP contribution < -0.4 is 0 Å². The lowest BCUT2D eigenvalue weighted by Gasteiger charge is -2.42. The van der Waals surface area contributed by atoms with E-state index in [1.54, 1.807) is 9.80 Å². The van der Waals surface area contributed by atoms with Crippen LogP contribution in [0.15, 0.2) is 42.5 Å². The van der Waals surface area contributed by atoms with Gasteiger partial charge in [-0.2, -0.15) is 0 Å². The van der Waals surface area contributed by atoms with Gasteiger partial charge in [0.05, 0.1) is 0 Å². The van der Waals surface area contributed by atoms with E-state index in [1.165, 1.54) is 7.11 Å². The van der Waals surface area contributed by atoms with Crippen LogP contribution in [0.4, 0.5) is 0 Å². The number of hydrogen-bond acceptors (Lipinski definition) is 4. The zero-order chi connectivity index (χ0) is 23.9. The zero-order valence-corrected chi connectivity index (χ0v) is 20.2. The third-order valence-corrected chi connectivity index (χ3v) is 6.71. The number of hydrogen-bond donors (Lipinski definition) is 0. The number of Topliss-reactive ketones (excluding diaryl/α,β-unsaturated/α-hetero) is 1. The SMILES string of the molecule is CO[C@H](C(=O)N1CCN2C(=O)c3cc(-c4ccc(Cl)cc4)ccc3CC(=O)C2C1)C(C)(C)C. The molecule has 0 spiro atoms. The lowest BCUT2D eigenvalue weighted by molar-refractivity contribution is -0.151. The number of halogens is 1. The Morgan fingerprint density at radius 2 is 1.73 bits per heavy atom. The molecule has 7 heteroatoms. The van der Waals surface area contributed by atoms with Crippen molar-refractivity contribution in [3.63, 3.8) is 0 Å². The molecule has 1 unspecified atom stereocenters. The molecule has 33 heavy (non-hydrogen) atoms. The van der Waals surface area contributed by atoms with Crippen LogP contribution in [-0.2, 0) is 20.7 Å². The van der Waals surface area contributed by atoms with E-state index in [4.69, 9.17) is 16.3 Å². The second-order valence-corrected chi connectivity index (χ2v) is 10.2. The molecule has 0 aromatic heterocycles. The van der Waals surface area contributed by atoms with Gasteiger partial charge in [-0.25, -0.2) is 0 Å². The van der Waals surface area contributed by atoms with Crippen molar-refractivity contribution in [1.29, 1.82) is 0 Å². The van der Waals surface area contributed by atoms with Crippen LogP contribution in [0, 0.1) is 5.41 Å². The Kier molecular flexibility index (Phi) is 6.34. The summed E-state index contributed by atoms with van der Waals surface area (Å²) in [5, 5.41) is 0.646. The Morgan fingerprint density at radius 1 is 1.06 bits per heavy atom. The number of benzene rings is 2. The highest BCUT2D eigenvalue weighted by Gasteiger charge is 2.43. The van der Waals surface area contributed by atoms with Crippen LogP contribution in [0.25, 0.3) is 11.1 Å². The number of nitrogens with zero attached hydrogens (tertiary/aromatic N) is 2. The van der Waals surface area contributed by atoms with E-state index >= 15 is 0 Å². The standard InChI is InChI=1S/C26H29ClN2O4/c1-26(2,3)23(33-4)25(32)28-11-12-29-21(15-28)22(30)14-18-6-5-17(13-20(18)24(29)31)16-7-9-19(27)10-8-16/h5-10,13,21,23H,11-12,14-15H2,1-4H3/t21?,23-/m1/s1. The predicted molar refractivity (Wildman–Crippen MR) is 127 cm³/mol. The fourth-order valence-electron chi connectivity index (χ4n) is 4.70. The van der Waals surface area contributed by atoms with Crippen LogP contribution in [0.2, 0.25) is 5.02 Å². The molecule has 174 valence electrons. The minimum Gasteiger partial charge on any atom is -0.371 e. The molecule has 2 aliphatic heterocycles. The average Bonchev–Trinajstić information content (AvgIpc) is 2.88. The fourth-order valence-corrected chi connectivity index (χ4v) is 4.83. The van der Waals surface area contributed by atoms with Gasteiger partial charge in [0.1, 0.15) is 12.1 Å². The molecule has 0 aliphatic carbocycles. The van der Waals surface area contributed by atoms with Crippen molar-refractivity contribution in [3.8, 4) is 11.1 Å². The van der Waals surface area contributed by atoms with Crippen LogP contribution in [0.3, 0.4) is 0 Å². The number of methoxy groups -OCH3 is 1. The monoisotopic (exact) mass is 468 g/mol. The minimum absolute atomic E-state index is 0.0523. The molecule has 0 saturated carbocycles. The van der Waals surface area contributed by atoms with Crippen LogP contribution in [0.5, 0.6) is 0 Å². The van der Waals surface area contributed by atoms with E-state index in [1.807, 2.05) is 63.2 Å². The quantitative estimate of drug-likeness (QED) is 0.686. The Morgan fingerprint density at radius 3 is 2.36 bits per heavy atom. The van der Waals surface area contributed by atoms with Crippen LogP contribution in [0.1, 0.15) is 36.7 Å². The highest BCUT2D eigenvalue weighted by atomic mass is 35.5. The number of fused-ring (bicyclic) bond motifs is 2. The number of piperazine rings is 1. The zero-order valence-electron chi connectivity index (χ0n) is 19.4. The third-order valence-electron chi connectivity index (χ3n) is 6.45. The summed E-state index contributed by atoms with van der Waals surface area (Å²) < 4.78 is 5.49. The van der Waals surface area contributed by atoms with Gasteiger partial charge in [-0.1, -0.05) is 56.6 Å². The summed E-state index contributed by atoms with van der Waals surface area (Å²) in [7, 11) is 1.53. The molecule has 2 heterocycles. The van der Waals surface area contributed by atoms with Gasteiger partial charge in [-0.05, 0) is 40.3 Å². The highest BCUT2D eigenvalue weighted by molar-refractivity contribution is 6.30. The van der Waals surface area contributed by atoms with E-state index in [0.717, 1.165) is 16.7 Å². The van der Waals surface area contributed by atoms with Crippen molar-refractivity contribution >= 4 is 29.2 Å². The van der Waals surface area contributed by atoms with E-state index in [0.29, 0.717) is 23.7 Å². The molecule has 1 saturated heterocycles. The molecule has 6 nitrogen and oxygen atoms in total. The second-order valence-electron chi connectivity index (χ2n) is 9.80. The van der Waals surface area contributed by atoms with E-state index < -0.39 is 12.1 Å². The minimum atomic E-state index is -0.654. The molecule has 0 N–H and O–H groups in total. The average molecular weight is 469 g/mol. The first-order valence-corrected chi connectivity index (χ1v) is 11.5. The molecule has 1 fully saturated rings. The van der Waals surface area contributed by atoms with E-state index in [2.05, 4.69) is 0 Å². The molecular weight excluding hydrogens is 440 g/mol. The van der Waals surface area contributed by atoms with Gasteiger partial charge in [-0.3, -0.25) is 14.4 Å². The molecule has 2 aromatic rings. The number of ether oxygens (including phenoxy) is 1. The maximum absolute atomic E-state index is 13.5. The molecule has 4 rings (SSSR count). The number of carbonyl (C=O) groups is 3. The number of carbonyl (C=O) groups excluding carboxylic acids is 3. The Labute approximate surface area is 199 Å². The summed E-state index contributed by atoms with van der Waals surface area (Å²) >= 11 is 6.01. The summed E-state index contributed by atoms with van der Waals surface area (Å²) in [6, 6.07) is 12.4. The largest absolute Gasteiger partial charge is 0.371 e. The van der Waals surface area contributed by atoms with Gasteiger partial charge in [0.15, 0.2) is 5.78 Å². The molecule has 2 atom stereocenters. The van der Waals surface area contributed by atoms with Gasteiger partial charge in [0.2, 0.25) is 0 Å². The van der Waals surface area contributed by atoms with Gasteiger partial charge in [0.25, 0.3) is 11.8 Å². The topological polar surface area (TPSA) is 66.9 Å². The van der Waals surface area contributed by atoms with Gasteiger partial charge < -0.3 is 14.5 Å². The van der Waals surface area contributed by atoms with Crippen molar-refractivity contribution in [2.75, 3.05) is 26.7 Å². The maximum Gasteiger partial charge on any atom is 0.254 e. The van der Waals surface area contributed by atoms with Crippen LogP contribution >= 0.6 is 11.6 Å². The van der Waals surface area contributed by atoms with E-state index in [9.17, 15) is 14.4 Å². The Hall–Kier alpha value is -2.70. The lowest BCUT2D eigenvalue weighted by Crippen LogP contribution is -2.61. The first kappa shape index (κ1) is 23.5. The molecular formula is C26H29ClN2O4. The maximum atomic E-state index is 13.5. The number of ketones is 1. The van der Waals surface area contributed by atoms with Gasteiger partial charge >= 0.3 is 0 Å². The summed E-state index contributed by atoms with van der Waals surface area (Å²) in [5.41, 5.74) is 2.74. The Bertz CT molecular complexity index is 1090. The van der Waals surface area contributed by atoms with Crippen LogP contribution in [-0.4, -0.2) is 66.3 Å². The van der Waals surface area contributed by atoms with Crippen molar-refractivity contribution in [1.82, 2.24) is 9.80 Å². The first-order chi connectivity index (χ1) is 15.6. The summed E-state index contributed by atoms with van der Waals surface area (Å²) in [6.45, 7) is 6.72. The third kappa shape index (κ3) is 4.55. The Balaban J connectivity index is 1.61. The second kappa shape index (κ2) is 8.92. The van der Waals surface area contributed by atoms with Crippen molar-refractivity contribution in [3.05, 3.63) is 58.6 Å². The molecule has 2 aliphatic rings. The lowest BCUT2D eigenvalue weighted by atomic mass is 9.87. The first-order valence-electron chi connectivity index (χ1n) is 11.1. The number of rotatable bonds is 3. The van der Waals surface area contributed by atoms with Crippen molar-refractivity contribution in [2.45, 2.75) is 39.3 Å². The predicted octanol–water partition coefficient (Wildman–Crippen LogP) is 3.85. The molecule has 0 radical (unpaired) electrons. The van der Waals surface area contributed by atoms with Gasteiger partial charge in [-0.15, -0.1) is 0 Å². The number of amides is 2. The summed E-state index contributed by atoms with van der Waals surface area (Å²) in [6.07, 6.45) is -0.447. The van der Waals surface area contributed by atoms with E-state index in [-0.39, 0.29) is 36.0 Å². The van der Waals surface area contributed by atoms with Crippen molar-refractivity contribution in [2.24, 2.45) is 5.41 Å².